The molecule has 1 aromatic heterocycles. The zero-order chi connectivity index (χ0) is 20.1. The molecule has 1 unspecified atom stereocenters. The van der Waals surface area contributed by atoms with Crippen LogP contribution in [0.25, 0.3) is 21.9 Å². The molecule has 1 heterocycles. The molecule has 5 heteroatoms. The fraction of sp³-hybridized carbons (Fsp3) is 0.455. The molecule has 0 spiro atoms. The van der Waals surface area contributed by atoms with E-state index in [9.17, 15) is 0 Å². The normalized spacial score (nSPS) is 13.3. The molecule has 1 atom stereocenters. The second-order valence-electron chi connectivity index (χ2n) is 9.14. The summed E-state index contributed by atoms with van der Waals surface area (Å²) in [5.74, 6) is 0.799. The molecule has 0 aliphatic heterocycles. The summed E-state index contributed by atoms with van der Waals surface area (Å²) in [5.41, 5.74) is 4.73. The minimum atomic E-state index is -1.61. The van der Waals surface area contributed by atoms with Crippen LogP contribution >= 0.6 is 18.6 Å². The number of hydrogen-bond acceptors (Lipinski definition) is 3. The number of benzene rings is 2. The van der Waals surface area contributed by atoms with Crippen molar-refractivity contribution in [1.82, 2.24) is 0 Å². The van der Waals surface area contributed by atoms with Gasteiger partial charge in [0.15, 0.2) is 0 Å². The first-order valence-corrected chi connectivity index (χ1v) is 11.2. The molecule has 0 amide bonds. The van der Waals surface area contributed by atoms with Crippen molar-refractivity contribution in [2.45, 2.75) is 59.3 Å². The molecular formula is C22H28ClO3P. The Kier molecular flexibility index (Phi) is 5.08. The fourth-order valence-electron chi connectivity index (χ4n) is 3.37. The summed E-state index contributed by atoms with van der Waals surface area (Å²) in [4.78, 5) is 0. The Labute approximate surface area is 167 Å². The average molecular weight is 407 g/mol. The summed E-state index contributed by atoms with van der Waals surface area (Å²) < 4.78 is 17.9. The van der Waals surface area contributed by atoms with E-state index in [1.165, 1.54) is 5.56 Å². The molecule has 0 fully saturated rings. The van der Waals surface area contributed by atoms with E-state index in [1.807, 2.05) is 12.1 Å². The van der Waals surface area contributed by atoms with Gasteiger partial charge in [-0.1, -0.05) is 47.6 Å². The average Bonchev–Trinajstić information content (AvgIpc) is 2.67. The first kappa shape index (κ1) is 20.2. The van der Waals surface area contributed by atoms with Crippen LogP contribution in [0, 0.1) is 6.92 Å². The van der Waals surface area contributed by atoms with Crippen molar-refractivity contribution in [2.24, 2.45) is 0 Å². The van der Waals surface area contributed by atoms with Gasteiger partial charge < -0.3 is 13.1 Å². The SMILES string of the molecule is COc1cc(C(C)(C)C)c2op(Cl)oc3c(C(C)(C)C)cc(C)cc3c2c1. The van der Waals surface area contributed by atoms with E-state index in [-0.39, 0.29) is 10.8 Å². The molecule has 0 aliphatic rings. The number of halogens is 1. The molecule has 3 nitrogen and oxygen atoms in total. The summed E-state index contributed by atoms with van der Waals surface area (Å²) in [6, 6.07) is 8.37. The van der Waals surface area contributed by atoms with Gasteiger partial charge in [0.2, 0.25) is 0 Å². The first-order valence-electron chi connectivity index (χ1n) is 9.11. The number of aryl methyl sites for hydroxylation is 1. The Morgan fingerprint density at radius 1 is 0.815 bits per heavy atom. The molecule has 0 aliphatic carbocycles. The highest BCUT2D eigenvalue weighted by molar-refractivity contribution is 7.68. The second kappa shape index (κ2) is 6.79. The molecular weight excluding hydrogens is 379 g/mol. The number of fused-ring (bicyclic) bond motifs is 3. The van der Waals surface area contributed by atoms with Gasteiger partial charge in [0.05, 0.1) is 7.11 Å². The van der Waals surface area contributed by atoms with Crippen molar-refractivity contribution in [3.63, 3.8) is 0 Å². The standard InChI is InChI=1S/C22H28ClO3P/c1-13-9-15-16-11-14(24-8)12-18(22(5,6)7)20(16)26-27(23)25-19(15)17(10-13)21(2,3)4/h9-12H,1-8H3. The van der Waals surface area contributed by atoms with Crippen LogP contribution < -0.4 is 4.74 Å². The fourth-order valence-corrected chi connectivity index (χ4v) is 4.50. The van der Waals surface area contributed by atoms with Gasteiger partial charge in [0.1, 0.15) is 16.9 Å². The second-order valence-corrected chi connectivity index (χ2v) is 10.8. The Balaban J connectivity index is 2.67. The lowest BCUT2D eigenvalue weighted by molar-refractivity contribution is 0.413. The maximum atomic E-state index is 6.52. The lowest BCUT2D eigenvalue weighted by Gasteiger charge is -2.21. The van der Waals surface area contributed by atoms with Gasteiger partial charge in [-0.25, -0.2) is 0 Å². The van der Waals surface area contributed by atoms with E-state index in [0.29, 0.717) is 0 Å². The van der Waals surface area contributed by atoms with Crippen molar-refractivity contribution < 1.29 is 13.1 Å². The topological polar surface area (TPSA) is 35.5 Å². The van der Waals surface area contributed by atoms with E-state index in [4.69, 9.17) is 24.4 Å². The van der Waals surface area contributed by atoms with E-state index >= 15 is 0 Å². The molecule has 3 aromatic rings. The predicted octanol–water partition coefficient (Wildman–Crippen LogP) is 8.20. The van der Waals surface area contributed by atoms with Crippen LogP contribution in [-0.2, 0) is 10.8 Å². The third-order valence-electron chi connectivity index (χ3n) is 4.76. The van der Waals surface area contributed by atoms with Gasteiger partial charge in [0, 0.05) is 33.1 Å². The third-order valence-corrected chi connectivity index (χ3v) is 5.83. The van der Waals surface area contributed by atoms with Crippen LogP contribution in [0.4, 0.5) is 0 Å². The number of ether oxygens (including phenoxy) is 1. The van der Waals surface area contributed by atoms with Crippen LogP contribution in [-0.4, -0.2) is 7.11 Å². The smallest absolute Gasteiger partial charge is 0.327 e. The molecule has 0 radical (unpaired) electrons. The highest BCUT2D eigenvalue weighted by Crippen LogP contribution is 2.45. The predicted molar refractivity (Wildman–Crippen MR) is 116 cm³/mol. The van der Waals surface area contributed by atoms with Gasteiger partial charge in [-0.05, 0) is 41.5 Å². The minimum Gasteiger partial charge on any atom is -0.497 e. The Morgan fingerprint density at radius 2 is 1.30 bits per heavy atom. The number of methoxy groups -OCH3 is 1. The van der Waals surface area contributed by atoms with Crippen molar-refractivity contribution in [1.29, 1.82) is 0 Å². The molecule has 0 saturated carbocycles. The van der Waals surface area contributed by atoms with E-state index in [2.05, 4.69) is 60.6 Å². The quantitative estimate of drug-likeness (QED) is 0.408. The molecule has 2 aromatic carbocycles. The summed E-state index contributed by atoms with van der Waals surface area (Å²) in [7, 11) is 0.0786. The van der Waals surface area contributed by atoms with Gasteiger partial charge in [0.25, 0.3) is 0 Å². The monoisotopic (exact) mass is 406 g/mol. The molecule has 0 N–H and O–H groups in total. The van der Waals surface area contributed by atoms with Crippen molar-refractivity contribution >= 4 is 40.5 Å². The summed E-state index contributed by atoms with van der Waals surface area (Å²) in [6.45, 7) is 15.1. The third kappa shape index (κ3) is 3.86. The number of rotatable bonds is 1. The van der Waals surface area contributed by atoms with Crippen LogP contribution in [0.5, 0.6) is 5.75 Å². The van der Waals surface area contributed by atoms with Crippen molar-refractivity contribution in [2.75, 3.05) is 7.11 Å². The lowest BCUT2D eigenvalue weighted by atomic mass is 9.83. The van der Waals surface area contributed by atoms with Crippen LogP contribution in [0.1, 0.15) is 58.2 Å². The largest absolute Gasteiger partial charge is 0.497 e. The molecule has 27 heavy (non-hydrogen) atoms. The van der Waals surface area contributed by atoms with Gasteiger partial charge >= 0.3 is 7.37 Å². The maximum Gasteiger partial charge on any atom is 0.327 e. The maximum absolute atomic E-state index is 6.52. The molecule has 0 bridgehead atoms. The van der Waals surface area contributed by atoms with Gasteiger partial charge in [-0.15, -0.1) is 0 Å². The van der Waals surface area contributed by atoms with E-state index in [1.54, 1.807) is 7.11 Å². The van der Waals surface area contributed by atoms with Crippen LogP contribution in [0.15, 0.2) is 32.7 Å². The molecule has 146 valence electrons. The molecule has 3 rings (SSSR count). The zero-order valence-corrected chi connectivity index (χ0v) is 19.0. The highest BCUT2D eigenvalue weighted by Gasteiger charge is 2.24. The summed E-state index contributed by atoms with van der Waals surface area (Å²) >= 11 is 6.52. The minimum absolute atomic E-state index is 0.0839. The van der Waals surface area contributed by atoms with Crippen LogP contribution in [0.2, 0.25) is 0 Å². The Hall–Kier alpha value is -1.57. The highest BCUT2D eigenvalue weighted by atomic mass is 35.7. The zero-order valence-electron chi connectivity index (χ0n) is 17.4. The Morgan fingerprint density at radius 3 is 1.78 bits per heavy atom. The summed E-state index contributed by atoms with van der Waals surface area (Å²) in [6.07, 6.45) is 0. The lowest BCUT2D eigenvalue weighted by Crippen LogP contribution is -2.12. The first-order chi connectivity index (χ1) is 12.4. The van der Waals surface area contributed by atoms with Gasteiger partial charge in [-0.2, -0.15) is 0 Å². The number of hydrogen-bond donors (Lipinski definition) is 0. The van der Waals surface area contributed by atoms with Gasteiger partial charge in [-0.3, -0.25) is 0 Å². The summed E-state index contributed by atoms with van der Waals surface area (Å²) in [5, 5.41) is 1.97. The molecule has 0 saturated heterocycles. The van der Waals surface area contributed by atoms with Crippen LogP contribution in [0.3, 0.4) is 0 Å². The van der Waals surface area contributed by atoms with Crippen molar-refractivity contribution in [3.05, 3.63) is 41.0 Å². The van der Waals surface area contributed by atoms with Crippen molar-refractivity contribution in [3.8, 4) is 5.75 Å². The van der Waals surface area contributed by atoms with E-state index in [0.717, 1.165) is 38.8 Å². The Bertz CT molecular complexity index is 1050. The van der Waals surface area contributed by atoms with E-state index < -0.39 is 7.37 Å².